The zero-order chi connectivity index (χ0) is 19.5. The third-order valence-electron chi connectivity index (χ3n) is 5.26. The van der Waals surface area contributed by atoms with E-state index in [-0.39, 0.29) is 18.0 Å². The molecule has 144 valence electrons. The van der Waals surface area contributed by atoms with Gasteiger partial charge < -0.3 is 14.6 Å². The molecule has 0 spiro atoms. The summed E-state index contributed by atoms with van der Waals surface area (Å²) in [7, 11) is 0. The Hall–Kier alpha value is -2.92. The standard InChI is InChI=1S/C23H24N2O3/c1-16-7-5-10-18-13-19(22(26)24-21(16)18)15-25(14-17-8-3-2-4-9-17)23(27)20-11-6-12-28-20/h2-5,7-10,13,20H,6,11-12,14-15H2,1H3,(H,24,26)/t20-/m0/s1. The molecule has 28 heavy (non-hydrogen) atoms. The maximum atomic E-state index is 13.1. The molecule has 4 rings (SSSR count). The molecule has 0 saturated carbocycles. The summed E-state index contributed by atoms with van der Waals surface area (Å²) >= 11 is 0. The number of benzene rings is 2. The van der Waals surface area contributed by atoms with E-state index in [1.165, 1.54) is 0 Å². The zero-order valence-electron chi connectivity index (χ0n) is 16.0. The van der Waals surface area contributed by atoms with Gasteiger partial charge in [0.25, 0.3) is 11.5 Å². The Morgan fingerprint density at radius 3 is 2.71 bits per heavy atom. The molecule has 1 aromatic heterocycles. The van der Waals surface area contributed by atoms with E-state index in [1.54, 1.807) is 4.90 Å². The number of aryl methyl sites for hydroxylation is 1. The Kier molecular flexibility index (Phi) is 5.26. The second-order valence-electron chi connectivity index (χ2n) is 7.34. The van der Waals surface area contributed by atoms with Crippen LogP contribution in [0.4, 0.5) is 0 Å². The number of aromatic amines is 1. The van der Waals surface area contributed by atoms with Gasteiger partial charge in [-0.25, -0.2) is 0 Å². The number of hydrogen-bond donors (Lipinski definition) is 1. The fourth-order valence-corrected chi connectivity index (χ4v) is 3.74. The van der Waals surface area contributed by atoms with Crippen molar-refractivity contribution in [3.8, 4) is 0 Å². The van der Waals surface area contributed by atoms with Crippen LogP contribution in [-0.4, -0.2) is 28.5 Å². The number of carbonyl (C=O) groups excluding carboxylic acids is 1. The lowest BCUT2D eigenvalue weighted by Crippen LogP contribution is -2.39. The molecule has 1 fully saturated rings. The third-order valence-corrected chi connectivity index (χ3v) is 5.26. The molecule has 1 aliphatic heterocycles. The van der Waals surface area contributed by atoms with Gasteiger partial charge in [0.2, 0.25) is 0 Å². The second-order valence-corrected chi connectivity index (χ2v) is 7.34. The largest absolute Gasteiger partial charge is 0.368 e. The molecule has 3 aromatic rings. The molecule has 1 atom stereocenters. The summed E-state index contributed by atoms with van der Waals surface area (Å²) in [6.07, 6.45) is 1.22. The van der Waals surface area contributed by atoms with Crippen LogP contribution in [0.1, 0.15) is 29.5 Å². The molecule has 0 aliphatic carbocycles. The first-order valence-corrected chi connectivity index (χ1v) is 9.67. The van der Waals surface area contributed by atoms with Crippen molar-refractivity contribution in [2.45, 2.75) is 39.0 Å². The van der Waals surface area contributed by atoms with Crippen LogP contribution < -0.4 is 5.56 Å². The first-order valence-electron chi connectivity index (χ1n) is 9.67. The fourth-order valence-electron chi connectivity index (χ4n) is 3.74. The molecule has 5 nitrogen and oxygen atoms in total. The molecule has 1 amide bonds. The highest BCUT2D eigenvalue weighted by Crippen LogP contribution is 2.20. The van der Waals surface area contributed by atoms with E-state index in [0.29, 0.717) is 18.7 Å². The first-order chi connectivity index (χ1) is 13.6. The summed E-state index contributed by atoms with van der Waals surface area (Å²) in [4.78, 5) is 30.5. The highest BCUT2D eigenvalue weighted by molar-refractivity contribution is 5.83. The Morgan fingerprint density at radius 2 is 1.96 bits per heavy atom. The normalized spacial score (nSPS) is 16.4. The SMILES string of the molecule is Cc1cccc2cc(CN(Cc3ccccc3)C(=O)[C@@H]3CCCO3)c(=O)[nH]c12. The quantitative estimate of drug-likeness (QED) is 0.741. The highest BCUT2D eigenvalue weighted by atomic mass is 16.5. The van der Waals surface area contributed by atoms with Crippen LogP contribution >= 0.6 is 0 Å². The number of nitrogens with one attached hydrogen (secondary N) is 1. The maximum Gasteiger partial charge on any atom is 0.253 e. The van der Waals surface area contributed by atoms with E-state index in [4.69, 9.17) is 4.74 Å². The van der Waals surface area contributed by atoms with E-state index in [1.807, 2.05) is 61.5 Å². The van der Waals surface area contributed by atoms with Gasteiger partial charge >= 0.3 is 0 Å². The number of amides is 1. The lowest BCUT2D eigenvalue weighted by atomic mass is 10.1. The molecule has 0 bridgehead atoms. The van der Waals surface area contributed by atoms with Crippen LogP contribution in [0.15, 0.2) is 59.4 Å². The number of ether oxygens (including phenoxy) is 1. The number of nitrogens with zero attached hydrogens (tertiary/aromatic N) is 1. The van der Waals surface area contributed by atoms with Crippen molar-refractivity contribution in [1.82, 2.24) is 9.88 Å². The van der Waals surface area contributed by atoms with Gasteiger partial charge in [0, 0.05) is 18.7 Å². The van der Waals surface area contributed by atoms with Crippen molar-refractivity contribution < 1.29 is 9.53 Å². The van der Waals surface area contributed by atoms with Crippen LogP contribution in [0.5, 0.6) is 0 Å². The van der Waals surface area contributed by atoms with Crippen LogP contribution in [0.2, 0.25) is 0 Å². The van der Waals surface area contributed by atoms with Gasteiger partial charge in [-0.1, -0.05) is 48.5 Å². The minimum Gasteiger partial charge on any atom is -0.368 e. The van der Waals surface area contributed by atoms with Crippen molar-refractivity contribution in [3.05, 3.63) is 81.6 Å². The van der Waals surface area contributed by atoms with Gasteiger partial charge in [0.15, 0.2) is 0 Å². The van der Waals surface area contributed by atoms with Crippen molar-refractivity contribution in [1.29, 1.82) is 0 Å². The number of H-pyrrole nitrogens is 1. The van der Waals surface area contributed by atoms with E-state index in [0.717, 1.165) is 34.9 Å². The molecule has 2 heterocycles. The Labute approximate surface area is 163 Å². The van der Waals surface area contributed by atoms with E-state index >= 15 is 0 Å². The molecule has 1 aliphatic rings. The molecule has 2 aromatic carbocycles. The number of carbonyl (C=O) groups is 1. The number of hydrogen-bond acceptors (Lipinski definition) is 3. The number of aromatic nitrogens is 1. The predicted octanol–water partition coefficient (Wildman–Crippen LogP) is 3.54. The van der Waals surface area contributed by atoms with Crippen molar-refractivity contribution in [2.24, 2.45) is 0 Å². The smallest absolute Gasteiger partial charge is 0.253 e. The summed E-state index contributed by atoms with van der Waals surface area (Å²) in [5.41, 5.74) is 3.33. The number of pyridine rings is 1. The van der Waals surface area contributed by atoms with Gasteiger partial charge in [0.1, 0.15) is 6.10 Å². The predicted molar refractivity (Wildman–Crippen MR) is 109 cm³/mol. The maximum absolute atomic E-state index is 13.1. The van der Waals surface area contributed by atoms with Crippen molar-refractivity contribution in [2.75, 3.05) is 6.61 Å². The number of para-hydroxylation sites is 1. The Bertz CT molecular complexity index is 1040. The summed E-state index contributed by atoms with van der Waals surface area (Å²) in [6.45, 7) is 3.30. The average molecular weight is 376 g/mol. The number of rotatable bonds is 5. The van der Waals surface area contributed by atoms with Crippen LogP contribution in [0.3, 0.4) is 0 Å². The van der Waals surface area contributed by atoms with Crippen molar-refractivity contribution in [3.63, 3.8) is 0 Å². The Morgan fingerprint density at radius 1 is 1.14 bits per heavy atom. The summed E-state index contributed by atoms with van der Waals surface area (Å²) in [6, 6.07) is 17.7. The fraction of sp³-hybridized carbons (Fsp3) is 0.304. The second kappa shape index (κ2) is 7.98. The van der Waals surface area contributed by atoms with E-state index in [9.17, 15) is 9.59 Å². The summed E-state index contributed by atoms with van der Waals surface area (Å²) < 4.78 is 5.61. The average Bonchev–Trinajstić information content (AvgIpc) is 3.24. The molecular formula is C23H24N2O3. The van der Waals surface area contributed by atoms with Gasteiger partial charge in [0.05, 0.1) is 12.1 Å². The topological polar surface area (TPSA) is 62.4 Å². The monoisotopic (exact) mass is 376 g/mol. The highest BCUT2D eigenvalue weighted by Gasteiger charge is 2.29. The lowest BCUT2D eigenvalue weighted by Gasteiger charge is -2.25. The molecule has 5 heteroatoms. The van der Waals surface area contributed by atoms with Gasteiger partial charge in [-0.05, 0) is 42.3 Å². The van der Waals surface area contributed by atoms with Gasteiger partial charge in [-0.3, -0.25) is 9.59 Å². The molecule has 0 unspecified atom stereocenters. The van der Waals surface area contributed by atoms with Gasteiger partial charge in [-0.15, -0.1) is 0 Å². The lowest BCUT2D eigenvalue weighted by molar-refractivity contribution is -0.142. The Balaban J connectivity index is 1.66. The third kappa shape index (κ3) is 3.85. The summed E-state index contributed by atoms with van der Waals surface area (Å²) in [5, 5.41) is 0.971. The van der Waals surface area contributed by atoms with Crippen molar-refractivity contribution >= 4 is 16.8 Å². The van der Waals surface area contributed by atoms with Gasteiger partial charge in [-0.2, -0.15) is 0 Å². The van der Waals surface area contributed by atoms with Crippen LogP contribution in [0, 0.1) is 6.92 Å². The molecular weight excluding hydrogens is 352 g/mol. The summed E-state index contributed by atoms with van der Waals surface area (Å²) in [5.74, 6) is -0.0508. The molecule has 1 saturated heterocycles. The number of fused-ring (bicyclic) bond motifs is 1. The molecule has 1 N–H and O–H groups in total. The molecule has 0 radical (unpaired) electrons. The minimum absolute atomic E-state index is 0.0508. The first kappa shape index (κ1) is 18.4. The van der Waals surface area contributed by atoms with Crippen LogP contribution in [0.25, 0.3) is 10.9 Å². The van der Waals surface area contributed by atoms with E-state index in [2.05, 4.69) is 4.98 Å². The minimum atomic E-state index is -0.412. The van der Waals surface area contributed by atoms with E-state index < -0.39 is 6.10 Å². The zero-order valence-corrected chi connectivity index (χ0v) is 16.0. The van der Waals surface area contributed by atoms with Crippen LogP contribution in [-0.2, 0) is 22.6 Å².